The smallest absolute Gasteiger partial charge is 0.252 e. The van der Waals surface area contributed by atoms with Crippen molar-refractivity contribution < 1.29 is 34.1 Å². The number of nitrogens with one attached hydrogen (secondary N) is 1. The van der Waals surface area contributed by atoms with Crippen LogP contribution in [0.4, 0.5) is 0 Å². The van der Waals surface area contributed by atoms with Crippen molar-refractivity contribution in [2.24, 2.45) is 11.5 Å². The number of benzene rings is 1. The van der Waals surface area contributed by atoms with Gasteiger partial charge in [-0.15, -0.1) is 0 Å². The van der Waals surface area contributed by atoms with Crippen LogP contribution in [0.2, 0.25) is 0 Å². The van der Waals surface area contributed by atoms with E-state index < -0.39 is 59.5 Å². The Bertz CT molecular complexity index is 1020. The Hall–Kier alpha value is -3.06. The summed E-state index contributed by atoms with van der Waals surface area (Å²) in [5, 5.41) is 23.5. The van der Waals surface area contributed by atoms with Crippen molar-refractivity contribution in [2.75, 3.05) is 20.2 Å². The quantitative estimate of drug-likeness (QED) is 0.226. The number of rotatable bonds is 10. The number of imide groups is 1. The maximum Gasteiger partial charge on any atom is 0.252 e. The summed E-state index contributed by atoms with van der Waals surface area (Å²) >= 11 is 0. The Labute approximate surface area is 222 Å². The van der Waals surface area contributed by atoms with E-state index in [1.54, 1.807) is 19.2 Å². The van der Waals surface area contributed by atoms with Gasteiger partial charge in [-0.05, 0) is 70.2 Å². The molecule has 4 unspecified atom stereocenters. The highest BCUT2D eigenvalue weighted by molar-refractivity contribution is 6.07. The molecule has 12 heteroatoms. The zero-order valence-corrected chi connectivity index (χ0v) is 22.1. The van der Waals surface area contributed by atoms with Gasteiger partial charge in [0.25, 0.3) is 11.8 Å². The molecule has 38 heavy (non-hydrogen) atoms. The van der Waals surface area contributed by atoms with E-state index in [0.29, 0.717) is 31.6 Å². The van der Waals surface area contributed by atoms with Gasteiger partial charge >= 0.3 is 0 Å². The largest absolute Gasteiger partial charge is 0.497 e. The van der Waals surface area contributed by atoms with Crippen LogP contribution in [-0.2, 0) is 25.6 Å². The molecule has 2 fully saturated rings. The van der Waals surface area contributed by atoms with Gasteiger partial charge in [-0.1, -0.05) is 12.1 Å². The molecule has 0 radical (unpaired) electrons. The molecule has 2 aliphatic heterocycles. The van der Waals surface area contributed by atoms with E-state index in [0.717, 1.165) is 10.5 Å². The first-order valence-corrected chi connectivity index (χ1v) is 12.9. The molecule has 0 aliphatic carbocycles. The van der Waals surface area contributed by atoms with E-state index in [2.05, 4.69) is 5.32 Å². The Balaban J connectivity index is 2.01. The zero-order chi connectivity index (χ0) is 28.2. The molecule has 0 aromatic heterocycles. The summed E-state index contributed by atoms with van der Waals surface area (Å²) in [4.78, 5) is 55.8. The Morgan fingerprint density at radius 1 is 1.16 bits per heavy atom. The first kappa shape index (κ1) is 29.5. The van der Waals surface area contributed by atoms with Crippen LogP contribution in [0.1, 0.15) is 45.1 Å². The summed E-state index contributed by atoms with van der Waals surface area (Å²) in [7, 11) is 1.55. The van der Waals surface area contributed by atoms with Gasteiger partial charge in [0.1, 0.15) is 29.4 Å². The molecular formula is C26H39N5O7. The second-order valence-corrected chi connectivity index (χ2v) is 10.2. The number of nitrogens with two attached hydrogens (primary N) is 2. The van der Waals surface area contributed by atoms with Gasteiger partial charge in [0.05, 0.1) is 19.3 Å². The fourth-order valence-electron chi connectivity index (χ4n) is 5.33. The van der Waals surface area contributed by atoms with Crippen molar-refractivity contribution in [3.05, 3.63) is 29.8 Å². The number of amides is 4. The first-order chi connectivity index (χ1) is 17.9. The molecule has 0 spiro atoms. The van der Waals surface area contributed by atoms with Crippen LogP contribution in [0.5, 0.6) is 5.75 Å². The number of carbonyl (C=O) groups is 4. The third-order valence-electron chi connectivity index (χ3n) is 7.43. The van der Waals surface area contributed by atoms with Crippen LogP contribution in [0.15, 0.2) is 24.3 Å². The van der Waals surface area contributed by atoms with Crippen LogP contribution in [0.3, 0.4) is 0 Å². The molecule has 0 saturated carbocycles. The summed E-state index contributed by atoms with van der Waals surface area (Å²) in [6.07, 6.45) is -0.671. The standard InChI is InChI=1S/C26H39N5O7/c1-15(32)20(27)24(36)30-13-4-6-19(30)23(35)31(21(16(2)33)22(28)34)25(37)26(11-5-12-29-26)14-17-7-9-18(38-3)10-8-17/h7-10,15-16,19-21,29,32-33H,4-6,11-14,27H2,1-3H3,(H2,28,34)/t15-,16+,19?,20?,21?,26?/m0/s1. The van der Waals surface area contributed by atoms with Crippen LogP contribution < -0.4 is 21.5 Å². The number of primary amides is 1. The van der Waals surface area contributed by atoms with E-state index in [9.17, 15) is 29.4 Å². The second kappa shape index (κ2) is 12.2. The molecule has 12 nitrogen and oxygen atoms in total. The van der Waals surface area contributed by atoms with E-state index in [-0.39, 0.29) is 19.4 Å². The number of aliphatic hydroxyl groups excluding tert-OH is 2. The monoisotopic (exact) mass is 533 g/mol. The SMILES string of the molecule is COc1ccc(CC2(C(=O)N(C(=O)C3CCCN3C(=O)C(N)[C@H](C)O)C(C(N)=O)[C@@H](C)O)CCCN2)cc1. The van der Waals surface area contributed by atoms with Crippen molar-refractivity contribution in [3.8, 4) is 5.75 Å². The number of ether oxygens (including phenoxy) is 1. The summed E-state index contributed by atoms with van der Waals surface area (Å²) in [5.74, 6) is -2.54. The Morgan fingerprint density at radius 3 is 2.32 bits per heavy atom. The van der Waals surface area contributed by atoms with Crippen molar-refractivity contribution in [1.29, 1.82) is 0 Å². The number of hydrogen-bond acceptors (Lipinski definition) is 9. The number of hydrogen-bond donors (Lipinski definition) is 5. The molecule has 2 aliphatic rings. The molecule has 2 heterocycles. The molecule has 3 rings (SSSR count). The average Bonchev–Trinajstić information content (AvgIpc) is 3.56. The minimum absolute atomic E-state index is 0.197. The van der Waals surface area contributed by atoms with Crippen molar-refractivity contribution in [1.82, 2.24) is 15.1 Å². The van der Waals surface area contributed by atoms with Gasteiger partial charge in [0.2, 0.25) is 11.8 Å². The predicted molar refractivity (Wildman–Crippen MR) is 138 cm³/mol. The Morgan fingerprint density at radius 2 is 1.82 bits per heavy atom. The maximum absolute atomic E-state index is 14.3. The highest BCUT2D eigenvalue weighted by Gasteiger charge is 2.51. The first-order valence-electron chi connectivity index (χ1n) is 12.9. The molecule has 4 amide bonds. The third kappa shape index (κ3) is 5.98. The van der Waals surface area contributed by atoms with E-state index in [4.69, 9.17) is 16.2 Å². The highest BCUT2D eigenvalue weighted by atomic mass is 16.5. The van der Waals surface area contributed by atoms with E-state index in [1.165, 1.54) is 18.7 Å². The number of nitrogens with zero attached hydrogens (tertiary/aromatic N) is 2. The van der Waals surface area contributed by atoms with Crippen molar-refractivity contribution >= 4 is 23.6 Å². The maximum atomic E-state index is 14.3. The van der Waals surface area contributed by atoms with Crippen molar-refractivity contribution in [2.45, 2.75) is 81.8 Å². The lowest BCUT2D eigenvalue weighted by atomic mass is 9.86. The third-order valence-corrected chi connectivity index (χ3v) is 7.43. The van der Waals surface area contributed by atoms with Gasteiger partial charge in [-0.2, -0.15) is 0 Å². The lowest BCUT2D eigenvalue weighted by Gasteiger charge is -2.40. The Kier molecular flexibility index (Phi) is 9.47. The van der Waals surface area contributed by atoms with Gasteiger partial charge < -0.3 is 36.6 Å². The molecule has 7 N–H and O–H groups in total. The van der Waals surface area contributed by atoms with Crippen LogP contribution in [0.25, 0.3) is 0 Å². The van der Waals surface area contributed by atoms with E-state index in [1.807, 2.05) is 12.1 Å². The summed E-state index contributed by atoms with van der Waals surface area (Å²) < 4.78 is 5.21. The molecule has 1 aromatic rings. The number of carbonyl (C=O) groups excluding carboxylic acids is 4. The summed E-state index contributed by atoms with van der Waals surface area (Å²) in [6, 6.07) is 3.16. The van der Waals surface area contributed by atoms with Gasteiger partial charge in [0.15, 0.2) is 0 Å². The van der Waals surface area contributed by atoms with Crippen LogP contribution in [-0.4, -0.2) is 99.7 Å². The molecule has 2 saturated heterocycles. The molecule has 1 aromatic carbocycles. The minimum Gasteiger partial charge on any atom is -0.497 e. The number of likely N-dealkylation sites (tertiary alicyclic amines) is 1. The fourth-order valence-corrected chi connectivity index (χ4v) is 5.33. The van der Waals surface area contributed by atoms with Gasteiger partial charge in [0, 0.05) is 6.54 Å². The second-order valence-electron chi connectivity index (χ2n) is 10.2. The summed E-state index contributed by atoms with van der Waals surface area (Å²) in [6.45, 7) is 3.36. The highest BCUT2D eigenvalue weighted by Crippen LogP contribution is 2.31. The van der Waals surface area contributed by atoms with Crippen LogP contribution >= 0.6 is 0 Å². The molecule has 210 valence electrons. The van der Waals surface area contributed by atoms with E-state index >= 15 is 0 Å². The molecule has 6 atom stereocenters. The average molecular weight is 534 g/mol. The number of aliphatic hydroxyl groups is 2. The fraction of sp³-hybridized carbons (Fsp3) is 0.615. The lowest BCUT2D eigenvalue weighted by Crippen LogP contribution is -2.67. The minimum atomic E-state index is -1.65. The van der Waals surface area contributed by atoms with Gasteiger partial charge in [-0.25, -0.2) is 0 Å². The lowest BCUT2D eigenvalue weighted by molar-refractivity contribution is -0.162. The van der Waals surface area contributed by atoms with Crippen molar-refractivity contribution in [3.63, 3.8) is 0 Å². The predicted octanol–water partition coefficient (Wildman–Crippen LogP) is -1.35. The summed E-state index contributed by atoms with van der Waals surface area (Å²) in [5.41, 5.74) is 11.0. The molecular weight excluding hydrogens is 494 g/mol. The topological polar surface area (TPSA) is 189 Å². The molecule has 0 bridgehead atoms. The normalized spacial score (nSPS) is 24.4. The number of methoxy groups -OCH3 is 1. The van der Waals surface area contributed by atoms with Crippen LogP contribution in [0, 0.1) is 0 Å². The van der Waals surface area contributed by atoms with Gasteiger partial charge in [-0.3, -0.25) is 24.1 Å². The zero-order valence-electron chi connectivity index (χ0n) is 22.1.